The van der Waals surface area contributed by atoms with Gasteiger partial charge in [0.15, 0.2) is 0 Å². The Bertz CT molecular complexity index is 508. The van der Waals surface area contributed by atoms with Crippen molar-refractivity contribution in [2.45, 2.75) is 25.8 Å². The Balaban J connectivity index is 2.59. The zero-order valence-corrected chi connectivity index (χ0v) is 12.1. The lowest BCUT2D eigenvalue weighted by Crippen LogP contribution is -2.48. The number of hydrogen-bond donors (Lipinski definition) is 2. The fourth-order valence-electron chi connectivity index (χ4n) is 1.89. The van der Waals surface area contributed by atoms with Crippen molar-refractivity contribution in [2.24, 2.45) is 0 Å². The lowest BCUT2D eigenvalue weighted by atomic mass is 10.1. The molecule has 0 heterocycles. The first kappa shape index (κ1) is 16.6. The van der Waals surface area contributed by atoms with E-state index in [1.54, 1.807) is 6.92 Å². The van der Waals surface area contributed by atoms with E-state index in [1.165, 1.54) is 4.90 Å². The van der Waals surface area contributed by atoms with Crippen LogP contribution in [0.5, 0.6) is 0 Å². The number of urea groups is 1. The topological polar surface area (TPSA) is 69.6 Å². The molecule has 0 aliphatic heterocycles. The van der Waals surface area contributed by atoms with Gasteiger partial charge in [-0.05, 0) is 25.3 Å². The van der Waals surface area contributed by atoms with Crippen molar-refractivity contribution in [3.63, 3.8) is 0 Å². The van der Waals surface area contributed by atoms with Crippen molar-refractivity contribution >= 4 is 12.0 Å². The summed E-state index contributed by atoms with van der Waals surface area (Å²) in [6.45, 7) is 2.38. The molecule has 2 N–H and O–H groups in total. The number of aliphatic carboxylic acids is 1. The molecular formula is C16H20N2O3. The number of nitrogens with zero attached hydrogens (tertiary/aromatic N) is 1. The third-order valence-corrected chi connectivity index (χ3v) is 3.11. The smallest absolute Gasteiger partial charge is 0.326 e. The van der Waals surface area contributed by atoms with Crippen molar-refractivity contribution in [1.29, 1.82) is 0 Å². The van der Waals surface area contributed by atoms with Crippen molar-refractivity contribution in [2.75, 3.05) is 13.1 Å². The second-order valence-corrected chi connectivity index (χ2v) is 4.58. The SMILES string of the molecule is C#CCN(CC)C(=O)NC(CCc1ccccc1)C(=O)O. The predicted molar refractivity (Wildman–Crippen MR) is 80.8 cm³/mol. The van der Waals surface area contributed by atoms with E-state index < -0.39 is 18.0 Å². The number of nitrogens with one attached hydrogen (secondary N) is 1. The molecule has 0 radical (unpaired) electrons. The largest absolute Gasteiger partial charge is 0.480 e. The van der Waals surface area contributed by atoms with Crippen LogP contribution in [-0.4, -0.2) is 41.1 Å². The Morgan fingerprint density at radius 2 is 2.05 bits per heavy atom. The molecule has 0 aliphatic carbocycles. The van der Waals surface area contributed by atoms with Gasteiger partial charge < -0.3 is 15.3 Å². The molecular weight excluding hydrogens is 268 g/mol. The van der Waals surface area contributed by atoms with Gasteiger partial charge in [0.05, 0.1) is 6.54 Å². The van der Waals surface area contributed by atoms with E-state index in [1.807, 2.05) is 30.3 Å². The van der Waals surface area contributed by atoms with Gasteiger partial charge in [-0.25, -0.2) is 9.59 Å². The highest BCUT2D eigenvalue weighted by atomic mass is 16.4. The Labute approximate surface area is 125 Å². The highest BCUT2D eigenvalue weighted by Gasteiger charge is 2.22. The van der Waals surface area contributed by atoms with Crippen LogP contribution in [-0.2, 0) is 11.2 Å². The lowest BCUT2D eigenvalue weighted by molar-refractivity contribution is -0.139. The highest BCUT2D eigenvalue weighted by Crippen LogP contribution is 2.06. The van der Waals surface area contributed by atoms with Crippen LogP contribution < -0.4 is 5.32 Å². The standard InChI is InChI=1S/C16H20N2O3/c1-3-12-18(4-2)16(21)17-14(15(19)20)11-10-13-8-6-5-7-9-13/h1,5-9,14H,4,10-12H2,2H3,(H,17,21)(H,19,20). The number of rotatable bonds is 7. The van der Waals surface area contributed by atoms with Gasteiger partial charge in [0.25, 0.3) is 0 Å². The molecule has 2 amide bonds. The second-order valence-electron chi connectivity index (χ2n) is 4.58. The average Bonchev–Trinajstić information content (AvgIpc) is 2.49. The normalized spacial score (nSPS) is 11.2. The summed E-state index contributed by atoms with van der Waals surface area (Å²) in [7, 11) is 0. The Morgan fingerprint density at radius 3 is 2.57 bits per heavy atom. The zero-order chi connectivity index (χ0) is 15.7. The molecule has 21 heavy (non-hydrogen) atoms. The van der Waals surface area contributed by atoms with Crippen molar-refractivity contribution in [3.8, 4) is 12.3 Å². The highest BCUT2D eigenvalue weighted by molar-refractivity contribution is 5.82. The fraction of sp³-hybridized carbons (Fsp3) is 0.375. The third kappa shape index (κ3) is 5.57. The van der Waals surface area contributed by atoms with Crippen LogP contribution >= 0.6 is 0 Å². The lowest BCUT2D eigenvalue weighted by Gasteiger charge is -2.22. The summed E-state index contributed by atoms with van der Waals surface area (Å²) in [5.41, 5.74) is 1.04. The van der Waals surface area contributed by atoms with E-state index >= 15 is 0 Å². The Morgan fingerprint density at radius 1 is 1.38 bits per heavy atom. The van der Waals surface area contributed by atoms with Gasteiger partial charge in [-0.15, -0.1) is 6.42 Å². The number of carboxylic acids is 1. The maximum atomic E-state index is 11.9. The van der Waals surface area contributed by atoms with Gasteiger partial charge in [-0.3, -0.25) is 0 Å². The third-order valence-electron chi connectivity index (χ3n) is 3.11. The molecule has 1 aromatic carbocycles. The fourth-order valence-corrected chi connectivity index (χ4v) is 1.89. The summed E-state index contributed by atoms with van der Waals surface area (Å²) in [5.74, 6) is 1.33. The minimum Gasteiger partial charge on any atom is -0.480 e. The molecule has 5 heteroatoms. The first-order valence-corrected chi connectivity index (χ1v) is 6.84. The first-order valence-electron chi connectivity index (χ1n) is 6.84. The number of carbonyl (C=O) groups is 2. The van der Waals surface area contributed by atoms with Crippen molar-refractivity contribution in [1.82, 2.24) is 10.2 Å². The number of hydrogen-bond acceptors (Lipinski definition) is 2. The van der Waals surface area contributed by atoms with Gasteiger partial charge in [0.2, 0.25) is 0 Å². The van der Waals surface area contributed by atoms with Crippen molar-refractivity contribution < 1.29 is 14.7 Å². The average molecular weight is 288 g/mol. The maximum Gasteiger partial charge on any atom is 0.326 e. The van der Waals surface area contributed by atoms with E-state index in [0.717, 1.165) is 5.56 Å². The maximum absolute atomic E-state index is 11.9. The Hall–Kier alpha value is -2.48. The quantitative estimate of drug-likeness (QED) is 0.751. The van der Waals surface area contributed by atoms with Crippen LogP contribution in [0.4, 0.5) is 4.79 Å². The van der Waals surface area contributed by atoms with E-state index in [2.05, 4.69) is 11.2 Å². The van der Waals surface area contributed by atoms with E-state index in [9.17, 15) is 14.7 Å². The molecule has 0 aliphatic rings. The summed E-state index contributed by atoms with van der Waals surface area (Å²) in [5, 5.41) is 11.7. The van der Waals surface area contributed by atoms with Crippen LogP contribution in [0.2, 0.25) is 0 Å². The molecule has 0 bridgehead atoms. The van der Waals surface area contributed by atoms with E-state index in [4.69, 9.17) is 6.42 Å². The van der Waals surface area contributed by atoms with Crippen LogP contribution in [0, 0.1) is 12.3 Å². The number of carbonyl (C=O) groups excluding carboxylic acids is 1. The second kappa shape index (κ2) is 8.64. The van der Waals surface area contributed by atoms with Gasteiger partial charge in [-0.1, -0.05) is 36.3 Å². The molecule has 1 atom stereocenters. The summed E-state index contributed by atoms with van der Waals surface area (Å²) in [6.07, 6.45) is 6.09. The molecule has 1 aromatic rings. The molecule has 0 saturated heterocycles. The molecule has 0 spiro atoms. The number of amides is 2. The van der Waals surface area contributed by atoms with Crippen LogP contribution in [0.25, 0.3) is 0 Å². The number of aryl methyl sites for hydroxylation is 1. The van der Waals surface area contributed by atoms with Crippen molar-refractivity contribution in [3.05, 3.63) is 35.9 Å². The minimum absolute atomic E-state index is 0.160. The van der Waals surface area contributed by atoms with E-state index in [0.29, 0.717) is 19.4 Å². The van der Waals surface area contributed by atoms with Crippen LogP contribution in [0.1, 0.15) is 18.9 Å². The molecule has 1 unspecified atom stereocenters. The minimum atomic E-state index is -1.05. The van der Waals surface area contributed by atoms with Crippen LogP contribution in [0.15, 0.2) is 30.3 Å². The van der Waals surface area contributed by atoms with Gasteiger partial charge in [0.1, 0.15) is 6.04 Å². The van der Waals surface area contributed by atoms with Gasteiger partial charge in [0, 0.05) is 6.54 Å². The van der Waals surface area contributed by atoms with E-state index in [-0.39, 0.29) is 6.54 Å². The zero-order valence-electron chi connectivity index (χ0n) is 12.1. The molecule has 0 aromatic heterocycles. The molecule has 5 nitrogen and oxygen atoms in total. The van der Waals surface area contributed by atoms with Crippen LogP contribution in [0.3, 0.4) is 0 Å². The van der Waals surface area contributed by atoms with Gasteiger partial charge in [-0.2, -0.15) is 0 Å². The molecule has 112 valence electrons. The summed E-state index contributed by atoms with van der Waals surface area (Å²) >= 11 is 0. The molecule has 0 fully saturated rings. The monoisotopic (exact) mass is 288 g/mol. The number of benzene rings is 1. The first-order chi connectivity index (χ1) is 10.1. The predicted octanol–water partition coefficient (Wildman–Crippen LogP) is 1.74. The Kier molecular flexibility index (Phi) is 6.82. The summed E-state index contributed by atoms with van der Waals surface area (Å²) in [6, 6.07) is 8.18. The molecule has 0 saturated carbocycles. The number of terminal acetylenes is 1. The van der Waals surface area contributed by atoms with Gasteiger partial charge >= 0.3 is 12.0 Å². The number of carboxylic acid groups (broad SMARTS) is 1. The summed E-state index contributed by atoms with van der Waals surface area (Å²) in [4.78, 5) is 24.6. The summed E-state index contributed by atoms with van der Waals surface area (Å²) < 4.78 is 0. The molecule has 1 rings (SSSR count).